The van der Waals surface area contributed by atoms with Gasteiger partial charge < -0.3 is 10.4 Å². The van der Waals surface area contributed by atoms with E-state index in [1.165, 1.54) is 12.1 Å². The highest BCUT2D eigenvalue weighted by atomic mass is 16.6. The van der Waals surface area contributed by atoms with Crippen LogP contribution in [-0.4, -0.2) is 46.1 Å². The molecule has 1 aromatic carbocycles. The number of piperidine rings is 1. The molecular formula is C16H23N3O4. The third kappa shape index (κ3) is 4.49. The number of carbonyl (C=O) groups excluding carboxylic acids is 1. The van der Waals surface area contributed by atoms with Crippen molar-refractivity contribution in [2.45, 2.75) is 38.8 Å². The summed E-state index contributed by atoms with van der Waals surface area (Å²) in [5.74, 6) is -0.0199. The van der Waals surface area contributed by atoms with Crippen LogP contribution in [0, 0.1) is 16.0 Å². The summed E-state index contributed by atoms with van der Waals surface area (Å²) in [6, 6.07) is 5.56. The largest absolute Gasteiger partial charge is 0.393 e. The van der Waals surface area contributed by atoms with Crippen molar-refractivity contribution in [3.8, 4) is 0 Å². The zero-order valence-corrected chi connectivity index (χ0v) is 13.4. The number of anilines is 1. The van der Waals surface area contributed by atoms with Crippen molar-refractivity contribution in [1.82, 2.24) is 4.90 Å². The number of carbonyl (C=O) groups is 1. The van der Waals surface area contributed by atoms with E-state index >= 15 is 0 Å². The van der Waals surface area contributed by atoms with E-state index in [4.69, 9.17) is 0 Å². The van der Waals surface area contributed by atoms with E-state index in [0.29, 0.717) is 12.2 Å². The zero-order chi connectivity index (χ0) is 17.0. The summed E-state index contributed by atoms with van der Waals surface area (Å²) in [5.41, 5.74) is 0.364. The molecule has 1 aliphatic heterocycles. The lowest BCUT2D eigenvalue weighted by Crippen LogP contribution is -2.48. The van der Waals surface area contributed by atoms with Gasteiger partial charge in [0.1, 0.15) is 0 Å². The second-order valence-electron chi connectivity index (χ2n) is 6.11. The molecule has 0 saturated carbocycles. The van der Waals surface area contributed by atoms with Crippen LogP contribution in [0.5, 0.6) is 0 Å². The first-order valence-electron chi connectivity index (χ1n) is 7.86. The molecule has 2 rings (SSSR count). The van der Waals surface area contributed by atoms with E-state index < -0.39 is 4.92 Å². The number of nitro groups is 1. The van der Waals surface area contributed by atoms with Crippen LogP contribution in [0.4, 0.5) is 11.4 Å². The lowest BCUT2D eigenvalue weighted by Gasteiger charge is -2.37. The molecule has 1 amide bonds. The van der Waals surface area contributed by atoms with Gasteiger partial charge in [0.15, 0.2) is 0 Å². The third-order valence-corrected chi connectivity index (χ3v) is 4.42. The normalized spacial score (nSPS) is 21.4. The number of hydrogen-bond acceptors (Lipinski definition) is 5. The fourth-order valence-corrected chi connectivity index (χ4v) is 2.90. The first-order chi connectivity index (χ1) is 10.9. The van der Waals surface area contributed by atoms with Crippen LogP contribution < -0.4 is 5.32 Å². The molecule has 3 atom stereocenters. The summed E-state index contributed by atoms with van der Waals surface area (Å²) >= 11 is 0. The number of nitrogens with zero attached hydrogens (tertiary/aromatic N) is 2. The van der Waals surface area contributed by atoms with Crippen LogP contribution in [0.25, 0.3) is 0 Å². The van der Waals surface area contributed by atoms with Crippen LogP contribution in [-0.2, 0) is 4.79 Å². The number of aliphatic hydroxyl groups excluding tert-OH is 1. The molecule has 2 N–H and O–H groups in total. The number of benzene rings is 1. The smallest absolute Gasteiger partial charge is 0.271 e. The van der Waals surface area contributed by atoms with Crippen molar-refractivity contribution < 1.29 is 14.8 Å². The minimum absolute atomic E-state index is 0.0532. The average Bonchev–Trinajstić information content (AvgIpc) is 2.54. The van der Waals surface area contributed by atoms with Gasteiger partial charge in [0.05, 0.1) is 17.1 Å². The fourth-order valence-electron chi connectivity index (χ4n) is 2.90. The Hall–Kier alpha value is -1.99. The van der Waals surface area contributed by atoms with Crippen LogP contribution >= 0.6 is 0 Å². The second-order valence-corrected chi connectivity index (χ2v) is 6.11. The summed E-state index contributed by atoms with van der Waals surface area (Å²) < 4.78 is 0. The first kappa shape index (κ1) is 17.4. The molecular weight excluding hydrogens is 298 g/mol. The summed E-state index contributed by atoms with van der Waals surface area (Å²) in [6.45, 7) is 5.09. The zero-order valence-electron chi connectivity index (χ0n) is 13.4. The van der Waals surface area contributed by atoms with Gasteiger partial charge in [-0.1, -0.05) is 6.07 Å². The van der Waals surface area contributed by atoms with E-state index in [2.05, 4.69) is 5.32 Å². The number of likely N-dealkylation sites (tertiary alicyclic amines) is 1. The predicted octanol–water partition coefficient (Wildman–Crippen LogP) is 2.01. The molecule has 0 radical (unpaired) electrons. The van der Waals surface area contributed by atoms with E-state index in [9.17, 15) is 20.0 Å². The van der Waals surface area contributed by atoms with E-state index in [-0.39, 0.29) is 29.7 Å². The molecule has 0 aromatic heterocycles. The lowest BCUT2D eigenvalue weighted by molar-refractivity contribution is -0.384. The maximum absolute atomic E-state index is 12.4. The number of rotatable bonds is 5. The number of non-ortho nitro benzene ring substituents is 1. The Bertz CT molecular complexity index is 576. The first-order valence-corrected chi connectivity index (χ1v) is 7.86. The highest BCUT2D eigenvalue weighted by Gasteiger charge is 2.29. The van der Waals surface area contributed by atoms with Crippen LogP contribution in [0.3, 0.4) is 0 Å². The van der Waals surface area contributed by atoms with Gasteiger partial charge in [-0.15, -0.1) is 0 Å². The number of nitro benzene ring substituents is 1. The van der Waals surface area contributed by atoms with E-state index in [1.54, 1.807) is 19.1 Å². The van der Waals surface area contributed by atoms with E-state index in [1.807, 2.05) is 11.8 Å². The molecule has 1 fully saturated rings. The molecule has 7 nitrogen and oxygen atoms in total. The monoisotopic (exact) mass is 321 g/mol. The Morgan fingerprint density at radius 2 is 2.22 bits per heavy atom. The van der Waals surface area contributed by atoms with Gasteiger partial charge in [-0.2, -0.15) is 0 Å². The molecule has 126 valence electrons. The Kier molecular flexibility index (Phi) is 5.68. The van der Waals surface area contributed by atoms with Gasteiger partial charge in [-0.25, -0.2) is 0 Å². The number of hydrogen-bond donors (Lipinski definition) is 2. The summed E-state index contributed by atoms with van der Waals surface area (Å²) in [7, 11) is 0. The Morgan fingerprint density at radius 1 is 1.48 bits per heavy atom. The predicted molar refractivity (Wildman–Crippen MR) is 87.2 cm³/mol. The van der Waals surface area contributed by atoms with Crippen LogP contribution in [0.15, 0.2) is 24.3 Å². The van der Waals surface area contributed by atoms with Gasteiger partial charge in [-0.3, -0.25) is 19.8 Å². The topological polar surface area (TPSA) is 95.7 Å². The quantitative estimate of drug-likeness (QED) is 0.639. The minimum Gasteiger partial charge on any atom is -0.393 e. The number of aliphatic hydroxyl groups is 1. The standard InChI is InChI=1S/C16H23N3O4/c1-11(18-8-4-5-13(10-18)12(2)20)16(21)17-14-6-3-7-15(9-14)19(22)23/h3,6-7,9,11-13,20H,4-5,8,10H2,1-2H3,(H,17,21). The van der Waals surface area contributed by atoms with E-state index in [0.717, 1.165) is 19.4 Å². The van der Waals surface area contributed by atoms with Crippen molar-refractivity contribution in [1.29, 1.82) is 0 Å². The molecule has 1 saturated heterocycles. The average molecular weight is 321 g/mol. The molecule has 1 aliphatic rings. The fraction of sp³-hybridized carbons (Fsp3) is 0.562. The summed E-state index contributed by atoms with van der Waals surface area (Å²) in [4.78, 5) is 24.7. The van der Waals surface area contributed by atoms with Gasteiger partial charge in [0.25, 0.3) is 5.69 Å². The van der Waals surface area contributed by atoms with Crippen molar-refractivity contribution in [2.24, 2.45) is 5.92 Å². The lowest BCUT2D eigenvalue weighted by atomic mass is 9.92. The Labute approximate surface area is 135 Å². The number of amides is 1. The van der Waals surface area contributed by atoms with Gasteiger partial charge in [0.2, 0.25) is 5.91 Å². The summed E-state index contributed by atoms with van der Waals surface area (Å²) in [6.07, 6.45) is 1.53. The Morgan fingerprint density at radius 3 is 2.87 bits per heavy atom. The molecule has 23 heavy (non-hydrogen) atoms. The highest BCUT2D eigenvalue weighted by Crippen LogP contribution is 2.22. The molecule has 0 bridgehead atoms. The van der Waals surface area contributed by atoms with Crippen LogP contribution in [0.1, 0.15) is 26.7 Å². The van der Waals surface area contributed by atoms with Gasteiger partial charge in [0, 0.05) is 24.4 Å². The van der Waals surface area contributed by atoms with Crippen molar-refractivity contribution >= 4 is 17.3 Å². The molecule has 3 unspecified atom stereocenters. The SMILES string of the molecule is CC(O)C1CCCN(C(C)C(=O)Nc2cccc([N+](=O)[O-])c2)C1. The molecule has 1 heterocycles. The minimum atomic E-state index is -0.489. The van der Waals surface area contributed by atoms with Crippen molar-refractivity contribution in [2.75, 3.05) is 18.4 Å². The van der Waals surface area contributed by atoms with Gasteiger partial charge >= 0.3 is 0 Å². The maximum atomic E-state index is 12.4. The molecule has 1 aromatic rings. The third-order valence-electron chi connectivity index (χ3n) is 4.42. The molecule has 0 aliphatic carbocycles. The number of nitrogens with one attached hydrogen (secondary N) is 1. The van der Waals surface area contributed by atoms with Gasteiger partial charge in [-0.05, 0) is 45.2 Å². The molecule has 0 spiro atoms. The molecule has 7 heteroatoms. The Balaban J connectivity index is 1.99. The van der Waals surface area contributed by atoms with Crippen molar-refractivity contribution in [3.63, 3.8) is 0 Å². The maximum Gasteiger partial charge on any atom is 0.271 e. The summed E-state index contributed by atoms with van der Waals surface area (Å²) in [5, 5.41) is 23.3. The second kappa shape index (κ2) is 7.52. The van der Waals surface area contributed by atoms with Crippen molar-refractivity contribution in [3.05, 3.63) is 34.4 Å². The highest BCUT2D eigenvalue weighted by molar-refractivity contribution is 5.94. The van der Waals surface area contributed by atoms with Crippen LogP contribution in [0.2, 0.25) is 0 Å².